The van der Waals surface area contributed by atoms with E-state index in [2.05, 4.69) is 24.5 Å². The van der Waals surface area contributed by atoms with Crippen LogP contribution in [0.15, 0.2) is 24.3 Å². The Morgan fingerprint density at radius 1 is 1.30 bits per heavy atom. The van der Waals surface area contributed by atoms with Crippen molar-refractivity contribution in [1.82, 2.24) is 5.32 Å². The summed E-state index contributed by atoms with van der Waals surface area (Å²) >= 11 is 0. The molecule has 0 bridgehead atoms. The third-order valence-electron chi connectivity index (χ3n) is 4.72. The van der Waals surface area contributed by atoms with Crippen molar-refractivity contribution in [3.63, 3.8) is 0 Å². The fourth-order valence-electron chi connectivity index (χ4n) is 3.10. The molecular formula is C16H22N2O2. The summed E-state index contributed by atoms with van der Waals surface area (Å²) < 4.78 is 5.79. The molecule has 0 spiro atoms. The van der Waals surface area contributed by atoms with Crippen LogP contribution in [-0.2, 0) is 4.79 Å². The Kier molecular flexibility index (Phi) is 3.55. The molecule has 1 amide bonds. The highest BCUT2D eigenvalue weighted by molar-refractivity contribution is 5.83. The van der Waals surface area contributed by atoms with Crippen LogP contribution in [0.4, 0.5) is 5.69 Å². The molecular weight excluding hydrogens is 252 g/mol. The van der Waals surface area contributed by atoms with Gasteiger partial charge in [-0.05, 0) is 36.8 Å². The molecule has 2 N–H and O–H groups in total. The Bertz CT molecular complexity index is 503. The Morgan fingerprint density at radius 2 is 2.10 bits per heavy atom. The molecule has 4 heteroatoms. The van der Waals surface area contributed by atoms with E-state index in [1.165, 1.54) is 6.42 Å². The molecule has 1 heterocycles. The number of amides is 1. The maximum Gasteiger partial charge on any atom is 0.263 e. The van der Waals surface area contributed by atoms with Crippen LogP contribution in [0.25, 0.3) is 0 Å². The lowest BCUT2D eigenvalue weighted by Gasteiger charge is -2.28. The highest BCUT2D eigenvalue weighted by atomic mass is 16.5. The van der Waals surface area contributed by atoms with E-state index in [0.717, 1.165) is 17.9 Å². The van der Waals surface area contributed by atoms with Gasteiger partial charge in [0.2, 0.25) is 0 Å². The van der Waals surface area contributed by atoms with Crippen LogP contribution in [-0.4, -0.2) is 24.6 Å². The highest BCUT2D eigenvalue weighted by Gasteiger charge is 2.33. The second-order valence-corrected chi connectivity index (χ2v) is 6.01. The van der Waals surface area contributed by atoms with E-state index in [-0.39, 0.29) is 5.91 Å². The largest absolute Gasteiger partial charge is 0.477 e. The van der Waals surface area contributed by atoms with Crippen molar-refractivity contribution in [1.29, 1.82) is 0 Å². The molecule has 1 fully saturated rings. The van der Waals surface area contributed by atoms with Crippen molar-refractivity contribution in [2.45, 2.75) is 38.8 Å². The van der Waals surface area contributed by atoms with Crippen molar-refractivity contribution in [3.05, 3.63) is 24.3 Å². The fraction of sp³-hybridized carbons (Fsp3) is 0.562. The molecule has 4 atom stereocenters. The van der Waals surface area contributed by atoms with Crippen molar-refractivity contribution >= 4 is 11.6 Å². The van der Waals surface area contributed by atoms with Gasteiger partial charge in [0, 0.05) is 6.04 Å². The van der Waals surface area contributed by atoms with Gasteiger partial charge >= 0.3 is 0 Å². The summed E-state index contributed by atoms with van der Waals surface area (Å²) in [4.78, 5) is 12.3. The molecule has 0 aromatic heterocycles. The standard InChI is InChI=1S/C16H22N2O2/c1-10-7-8-12(11(10)2)18-16(19)15-9-17-13-5-3-4-6-14(13)20-15/h3-6,10-12,15,17H,7-9H2,1-2H3,(H,18,19). The van der Waals surface area contributed by atoms with E-state index in [4.69, 9.17) is 4.74 Å². The first-order valence-electron chi connectivity index (χ1n) is 7.45. The molecule has 4 unspecified atom stereocenters. The SMILES string of the molecule is CC1CCC(NC(=O)C2CNc3ccccc3O2)C1C. The van der Waals surface area contributed by atoms with Crippen LogP contribution < -0.4 is 15.4 Å². The van der Waals surface area contributed by atoms with Crippen molar-refractivity contribution < 1.29 is 9.53 Å². The second kappa shape index (κ2) is 5.35. The predicted octanol–water partition coefficient (Wildman–Crippen LogP) is 2.41. The molecule has 4 nitrogen and oxygen atoms in total. The number of rotatable bonds is 2. The van der Waals surface area contributed by atoms with Gasteiger partial charge < -0.3 is 15.4 Å². The molecule has 1 aliphatic carbocycles. The minimum Gasteiger partial charge on any atom is -0.477 e. The van der Waals surface area contributed by atoms with Gasteiger partial charge in [-0.2, -0.15) is 0 Å². The number of para-hydroxylation sites is 2. The quantitative estimate of drug-likeness (QED) is 0.870. The molecule has 3 rings (SSSR count). The van der Waals surface area contributed by atoms with Gasteiger partial charge in [0.05, 0.1) is 12.2 Å². The lowest BCUT2D eigenvalue weighted by molar-refractivity contribution is -0.128. The van der Waals surface area contributed by atoms with E-state index >= 15 is 0 Å². The molecule has 0 saturated heterocycles. The number of fused-ring (bicyclic) bond motifs is 1. The summed E-state index contributed by atoms with van der Waals surface area (Å²) in [7, 11) is 0. The number of carbonyl (C=O) groups excluding carboxylic acids is 1. The summed E-state index contributed by atoms with van der Waals surface area (Å²) in [5.74, 6) is 1.99. The Hall–Kier alpha value is -1.71. The lowest BCUT2D eigenvalue weighted by Crippen LogP contribution is -2.49. The normalized spacial score (nSPS) is 31.9. The molecule has 108 valence electrons. The zero-order valence-corrected chi connectivity index (χ0v) is 12.1. The second-order valence-electron chi connectivity index (χ2n) is 6.01. The van der Waals surface area contributed by atoms with Crippen molar-refractivity contribution in [2.24, 2.45) is 11.8 Å². The van der Waals surface area contributed by atoms with Gasteiger partial charge in [0.1, 0.15) is 5.75 Å². The van der Waals surface area contributed by atoms with Gasteiger partial charge in [-0.15, -0.1) is 0 Å². The fourth-order valence-corrected chi connectivity index (χ4v) is 3.10. The van der Waals surface area contributed by atoms with Crippen molar-refractivity contribution in [2.75, 3.05) is 11.9 Å². The molecule has 1 aliphatic heterocycles. The maximum absolute atomic E-state index is 12.3. The minimum atomic E-state index is -0.437. The summed E-state index contributed by atoms with van der Waals surface area (Å²) in [5, 5.41) is 6.41. The van der Waals surface area contributed by atoms with Gasteiger partial charge in [-0.1, -0.05) is 26.0 Å². The maximum atomic E-state index is 12.3. The number of hydrogen-bond acceptors (Lipinski definition) is 3. The smallest absolute Gasteiger partial charge is 0.263 e. The van der Waals surface area contributed by atoms with Crippen molar-refractivity contribution in [3.8, 4) is 5.75 Å². The predicted molar refractivity (Wildman–Crippen MR) is 78.8 cm³/mol. The summed E-state index contributed by atoms with van der Waals surface area (Å²) in [6.07, 6.45) is 1.83. The van der Waals surface area contributed by atoms with Crippen LogP contribution in [0.5, 0.6) is 5.75 Å². The van der Waals surface area contributed by atoms with E-state index in [9.17, 15) is 4.79 Å². The molecule has 2 aliphatic rings. The first-order chi connectivity index (χ1) is 9.65. The van der Waals surface area contributed by atoms with Crippen LogP contribution >= 0.6 is 0 Å². The first kappa shape index (κ1) is 13.3. The molecule has 1 saturated carbocycles. The first-order valence-corrected chi connectivity index (χ1v) is 7.45. The Balaban J connectivity index is 1.62. The van der Waals surface area contributed by atoms with E-state index in [1.54, 1.807) is 0 Å². The van der Waals surface area contributed by atoms with E-state index < -0.39 is 6.10 Å². The topological polar surface area (TPSA) is 50.4 Å². The number of carbonyl (C=O) groups is 1. The lowest BCUT2D eigenvalue weighted by atomic mass is 9.97. The highest BCUT2D eigenvalue weighted by Crippen LogP contribution is 2.32. The number of anilines is 1. The van der Waals surface area contributed by atoms with Gasteiger partial charge in [-0.3, -0.25) is 4.79 Å². The summed E-state index contributed by atoms with van der Waals surface area (Å²) in [6.45, 7) is 5.00. The summed E-state index contributed by atoms with van der Waals surface area (Å²) in [6, 6.07) is 8.02. The zero-order valence-electron chi connectivity index (χ0n) is 12.1. The zero-order chi connectivity index (χ0) is 14.1. The number of ether oxygens (including phenoxy) is 1. The molecule has 20 heavy (non-hydrogen) atoms. The number of benzene rings is 1. The summed E-state index contributed by atoms with van der Waals surface area (Å²) in [5.41, 5.74) is 0.958. The third kappa shape index (κ3) is 2.47. The van der Waals surface area contributed by atoms with Crippen LogP contribution in [0.1, 0.15) is 26.7 Å². The molecule has 1 aromatic carbocycles. The average molecular weight is 274 g/mol. The number of hydrogen-bond donors (Lipinski definition) is 2. The van der Waals surface area contributed by atoms with E-state index in [1.807, 2.05) is 24.3 Å². The van der Waals surface area contributed by atoms with Crippen LogP contribution in [0.3, 0.4) is 0 Å². The minimum absolute atomic E-state index is 0.00190. The average Bonchev–Trinajstić information content (AvgIpc) is 2.78. The Morgan fingerprint density at radius 3 is 2.85 bits per heavy atom. The van der Waals surface area contributed by atoms with Gasteiger partial charge in [0.15, 0.2) is 6.10 Å². The monoisotopic (exact) mass is 274 g/mol. The number of nitrogens with one attached hydrogen (secondary N) is 2. The third-order valence-corrected chi connectivity index (χ3v) is 4.72. The molecule has 0 radical (unpaired) electrons. The molecule has 1 aromatic rings. The van der Waals surface area contributed by atoms with Crippen LogP contribution in [0, 0.1) is 11.8 Å². The van der Waals surface area contributed by atoms with Crippen LogP contribution in [0.2, 0.25) is 0 Å². The van der Waals surface area contributed by atoms with E-state index in [0.29, 0.717) is 24.4 Å². The van der Waals surface area contributed by atoms with Gasteiger partial charge in [-0.25, -0.2) is 0 Å². The van der Waals surface area contributed by atoms with Gasteiger partial charge in [0.25, 0.3) is 5.91 Å². The Labute approximate surface area is 119 Å².